The maximum absolute atomic E-state index is 12.6. The predicted molar refractivity (Wildman–Crippen MR) is 122 cm³/mol. The average molecular weight is 434 g/mol. The number of aryl methyl sites for hydroxylation is 2. The van der Waals surface area contributed by atoms with E-state index in [0.717, 1.165) is 17.1 Å². The van der Waals surface area contributed by atoms with Gasteiger partial charge < -0.3 is 19.3 Å². The van der Waals surface area contributed by atoms with Crippen LogP contribution in [0.5, 0.6) is 0 Å². The van der Waals surface area contributed by atoms with Gasteiger partial charge in [0.05, 0.1) is 19.8 Å². The third-order valence-electron chi connectivity index (χ3n) is 4.86. The van der Waals surface area contributed by atoms with Crippen molar-refractivity contribution in [3.05, 3.63) is 77.4 Å². The molecule has 1 aliphatic rings. The van der Waals surface area contributed by atoms with E-state index in [4.69, 9.17) is 9.47 Å². The van der Waals surface area contributed by atoms with Crippen LogP contribution < -0.4 is 9.80 Å². The second-order valence-corrected chi connectivity index (χ2v) is 7.03. The van der Waals surface area contributed by atoms with Crippen molar-refractivity contribution in [2.24, 2.45) is 0 Å². The minimum Gasteiger partial charge on any atom is -0.465 e. The quantitative estimate of drug-likeness (QED) is 0.636. The molecule has 0 saturated heterocycles. The Morgan fingerprint density at radius 2 is 1.59 bits per heavy atom. The van der Waals surface area contributed by atoms with Crippen molar-refractivity contribution in [3.8, 4) is 0 Å². The number of hydrogen-bond donors (Lipinski definition) is 0. The average Bonchev–Trinajstić information content (AvgIpc) is 3.01. The molecule has 2 aromatic rings. The Morgan fingerprint density at radius 3 is 2.16 bits per heavy atom. The standard InChI is InChI=1S/C24H26N4O4/c1-6-27(24-25-16(2)15-17(3)26-24)18-10-12-19(13-11-18)28-14-8-7-9-20(22(29)31-4)21(28)23(30)32-5/h7-15H,6H2,1-5H3. The molecule has 0 unspecified atom stereocenters. The molecule has 0 saturated carbocycles. The van der Waals surface area contributed by atoms with E-state index >= 15 is 0 Å². The molecule has 32 heavy (non-hydrogen) atoms. The number of anilines is 3. The first-order chi connectivity index (χ1) is 15.4. The van der Waals surface area contributed by atoms with Gasteiger partial charge in [-0.1, -0.05) is 6.08 Å². The van der Waals surface area contributed by atoms with Gasteiger partial charge in [0.15, 0.2) is 0 Å². The van der Waals surface area contributed by atoms with Crippen LogP contribution in [0.25, 0.3) is 0 Å². The van der Waals surface area contributed by atoms with Crippen LogP contribution in [0.3, 0.4) is 0 Å². The minimum atomic E-state index is -0.649. The van der Waals surface area contributed by atoms with Crippen molar-refractivity contribution in [3.63, 3.8) is 0 Å². The van der Waals surface area contributed by atoms with E-state index in [1.54, 1.807) is 23.3 Å². The number of esters is 2. The van der Waals surface area contributed by atoms with Gasteiger partial charge >= 0.3 is 11.9 Å². The number of benzene rings is 1. The summed E-state index contributed by atoms with van der Waals surface area (Å²) in [4.78, 5) is 37.6. The lowest BCUT2D eigenvalue weighted by Gasteiger charge is -2.25. The third-order valence-corrected chi connectivity index (χ3v) is 4.86. The molecule has 0 radical (unpaired) electrons. The molecule has 1 aromatic heterocycles. The molecule has 0 aliphatic carbocycles. The molecule has 0 bridgehead atoms. The van der Waals surface area contributed by atoms with Gasteiger partial charge in [-0.25, -0.2) is 19.6 Å². The molecule has 0 N–H and O–H groups in total. The number of ether oxygens (including phenoxy) is 2. The SMILES string of the molecule is CCN(c1ccc(N2C=CC=CC(C(=O)OC)=C2C(=O)OC)cc1)c1nc(C)cc(C)n1. The molecular weight excluding hydrogens is 408 g/mol. The summed E-state index contributed by atoms with van der Waals surface area (Å²) in [6, 6.07) is 9.47. The fourth-order valence-electron chi connectivity index (χ4n) is 3.43. The van der Waals surface area contributed by atoms with Crippen LogP contribution in [0.15, 0.2) is 66.0 Å². The summed E-state index contributed by atoms with van der Waals surface area (Å²) < 4.78 is 9.80. The molecule has 8 nitrogen and oxygen atoms in total. The lowest BCUT2D eigenvalue weighted by atomic mass is 10.1. The summed E-state index contributed by atoms with van der Waals surface area (Å²) in [5.74, 6) is -0.652. The topological polar surface area (TPSA) is 84.9 Å². The van der Waals surface area contributed by atoms with Crippen molar-refractivity contribution in [2.45, 2.75) is 20.8 Å². The Balaban J connectivity index is 2.02. The van der Waals surface area contributed by atoms with Crippen molar-refractivity contribution in [1.29, 1.82) is 0 Å². The zero-order valence-electron chi connectivity index (χ0n) is 18.8. The predicted octanol–water partition coefficient (Wildman–Crippen LogP) is 3.74. The number of methoxy groups -OCH3 is 2. The molecular formula is C24H26N4O4. The van der Waals surface area contributed by atoms with E-state index in [2.05, 4.69) is 9.97 Å². The summed E-state index contributed by atoms with van der Waals surface area (Å²) in [5.41, 5.74) is 3.54. The fraction of sp³-hybridized carbons (Fsp3) is 0.250. The smallest absolute Gasteiger partial charge is 0.355 e. The number of hydrogen-bond acceptors (Lipinski definition) is 8. The Labute approximate surface area is 187 Å². The van der Waals surface area contributed by atoms with E-state index in [-0.39, 0.29) is 11.3 Å². The lowest BCUT2D eigenvalue weighted by molar-refractivity contribution is -0.139. The minimum absolute atomic E-state index is 0.0714. The Bertz CT molecular complexity index is 1080. The lowest BCUT2D eigenvalue weighted by Crippen LogP contribution is -2.27. The summed E-state index contributed by atoms with van der Waals surface area (Å²) in [7, 11) is 2.54. The number of carbonyl (C=O) groups is 2. The highest BCUT2D eigenvalue weighted by Gasteiger charge is 2.27. The highest BCUT2D eigenvalue weighted by atomic mass is 16.5. The van der Waals surface area contributed by atoms with Crippen LogP contribution in [0.4, 0.5) is 17.3 Å². The molecule has 1 aromatic carbocycles. The molecule has 0 amide bonds. The van der Waals surface area contributed by atoms with E-state index in [0.29, 0.717) is 18.2 Å². The largest absolute Gasteiger partial charge is 0.465 e. The number of carbonyl (C=O) groups excluding carboxylic acids is 2. The highest BCUT2D eigenvalue weighted by molar-refractivity contribution is 6.05. The van der Waals surface area contributed by atoms with Crippen LogP contribution in [0.1, 0.15) is 18.3 Å². The number of allylic oxidation sites excluding steroid dienone is 2. The zero-order valence-corrected chi connectivity index (χ0v) is 18.8. The zero-order chi connectivity index (χ0) is 23.3. The summed E-state index contributed by atoms with van der Waals surface area (Å²) in [6.45, 7) is 6.58. The van der Waals surface area contributed by atoms with Gasteiger partial charge in [0.25, 0.3) is 0 Å². The molecule has 3 rings (SSSR count). The van der Waals surface area contributed by atoms with Gasteiger partial charge in [-0.15, -0.1) is 0 Å². The van der Waals surface area contributed by atoms with Crippen LogP contribution in [0.2, 0.25) is 0 Å². The van der Waals surface area contributed by atoms with E-state index in [1.165, 1.54) is 20.3 Å². The molecule has 1 aliphatic heterocycles. The number of rotatable bonds is 6. The summed E-state index contributed by atoms with van der Waals surface area (Å²) >= 11 is 0. The van der Waals surface area contributed by atoms with Crippen molar-refractivity contribution >= 4 is 29.3 Å². The molecule has 166 valence electrons. The van der Waals surface area contributed by atoms with Gasteiger partial charge in [-0.05, 0) is 63.3 Å². The van der Waals surface area contributed by atoms with Gasteiger partial charge in [0.1, 0.15) is 5.70 Å². The first-order valence-electron chi connectivity index (χ1n) is 10.1. The maximum atomic E-state index is 12.6. The van der Waals surface area contributed by atoms with E-state index < -0.39 is 11.9 Å². The van der Waals surface area contributed by atoms with Gasteiger partial charge in [-0.2, -0.15) is 0 Å². The van der Waals surface area contributed by atoms with E-state index in [1.807, 2.05) is 56.0 Å². The van der Waals surface area contributed by atoms with E-state index in [9.17, 15) is 9.59 Å². The maximum Gasteiger partial charge on any atom is 0.355 e. The molecule has 0 spiro atoms. The summed E-state index contributed by atoms with van der Waals surface area (Å²) in [5, 5.41) is 0. The second-order valence-electron chi connectivity index (χ2n) is 7.03. The van der Waals surface area contributed by atoms with Crippen molar-refractivity contribution < 1.29 is 19.1 Å². The molecule has 2 heterocycles. The van der Waals surface area contributed by atoms with Gasteiger partial charge in [0, 0.05) is 35.5 Å². The normalized spacial score (nSPS) is 13.1. The molecule has 0 fully saturated rings. The van der Waals surface area contributed by atoms with Crippen LogP contribution in [0, 0.1) is 13.8 Å². The molecule has 8 heteroatoms. The van der Waals surface area contributed by atoms with Crippen molar-refractivity contribution in [1.82, 2.24) is 9.97 Å². The second kappa shape index (κ2) is 9.91. The van der Waals surface area contributed by atoms with Crippen LogP contribution in [-0.4, -0.2) is 42.7 Å². The highest BCUT2D eigenvalue weighted by Crippen LogP contribution is 2.30. The Hall–Kier alpha value is -3.94. The third kappa shape index (κ3) is 4.69. The van der Waals surface area contributed by atoms with Crippen molar-refractivity contribution in [2.75, 3.05) is 30.6 Å². The van der Waals surface area contributed by atoms with Crippen LogP contribution >= 0.6 is 0 Å². The first-order valence-corrected chi connectivity index (χ1v) is 10.1. The fourth-order valence-corrected chi connectivity index (χ4v) is 3.43. The Morgan fingerprint density at radius 1 is 0.969 bits per heavy atom. The number of nitrogens with zero attached hydrogens (tertiary/aromatic N) is 4. The summed E-state index contributed by atoms with van der Waals surface area (Å²) in [6.07, 6.45) is 6.62. The molecule has 0 atom stereocenters. The van der Waals surface area contributed by atoms with Gasteiger partial charge in [-0.3, -0.25) is 0 Å². The monoisotopic (exact) mass is 434 g/mol. The number of aromatic nitrogens is 2. The first kappa shape index (κ1) is 22.7. The van der Waals surface area contributed by atoms with Crippen LogP contribution in [-0.2, 0) is 19.1 Å². The Kier molecular flexibility index (Phi) is 7.04. The van der Waals surface area contributed by atoms with Gasteiger partial charge in [0.2, 0.25) is 5.95 Å².